The minimum atomic E-state index is -1.03. The van der Waals surface area contributed by atoms with Crippen molar-refractivity contribution in [2.24, 2.45) is 0 Å². The molecule has 1 N–H and O–H groups in total. The van der Waals surface area contributed by atoms with E-state index in [1.54, 1.807) is 30.7 Å². The number of hydrogen-bond donors (Lipinski definition) is 1. The fourth-order valence-electron chi connectivity index (χ4n) is 0.619. The number of H-pyrrole nitrogens is 1. The van der Waals surface area contributed by atoms with E-state index < -0.39 is 11.0 Å². The Morgan fingerprint density at radius 1 is 1.60 bits per heavy atom. The number of aromatic amines is 1. The summed E-state index contributed by atoms with van der Waals surface area (Å²) in [6.07, 6.45) is 1.76. The molecule has 0 aliphatic carbocycles. The van der Waals surface area contributed by atoms with Crippen LogP contribution in [0.4, 0.5) is 0 Å². The molecule has 3 nitrogen and oxygen atoms in total. The average molecular weight is 158 g/mol. The number of nitrogens with one attached hydrogen (secondary N) is 1. The highest BCUT2D eigenvalue weighted by atomic mass is 32.2. The van der Waals surface area contributed by atoms with Gasteiger partial charge in [0.15, 0.2) is 0 Å². The van der Waals surface area contributed by atoms with Crippen LogP contribution in [0.5, 0.6) is 0 Å². The Bertz CT molecular complexity index is 218. The van der Waals surface area contributed by atoms with Gasteiger partial charge in [0.05, 0.1) is 0 Å². The Labute approximate surface area is 62.6 Å². The van der Waals surface area contributed by atoms with E-state index in [0.717, 1.165) is 5.03 Å². The summed E-state index contributed by atoms with van der Waals surface area (Å²) in [5, 5.41) is 0.741. The van der Waals surface area contributed by atoms with Crippen LogP contribution in [0.15, 0.2) is 23.4 Å². The third kappa shape index (κ3) is 1.46. The van der Waals surface area contributed by atoms with Crippen molar-refractivity contribution in [3.8, 4) is 0 Å². The summed E-state index contributed by atoms with van der Waals surface area (Å²) in [5.41, 5.74) is 0. The Kier molecular flexibility index (Phi) is 2.24. The molecule has 0 bridgehead atoms. The summed E-state index contributed by atoms with van der Waals surface area (Å²) < 4.78 is 12.9. The molecule has 0 spiro atoms. The van der Waals surface area contributed by atoms with E-state index >= 15 is 0 Å². The first-order chi connectivity index (χ1) is 4.72. The fraction of sp³-hybridized carbons (Fsp3) is 0.333. The second-order valence-corrected chi connectivity index (χ2v) is 3.76. The zero-order chi connectivity index (χ0) is 7.56. The summed E-state index contributed by atoms with van der Waals surface area (Å²) in [7, 11) is 2.52. The molecule has 1 aromatic heterocycles. The van der Waals surface area contributed by atoms with Crippen LogP contribution in [0.3, 0.4) is 0 Å². The maximum absolute atomic E-state index is 11.2. The lowest BCUT2D eigenvalue weighted by molar-refractivity contribution is 0.600. The van der Waals surface area contributed by atoms with Gasteiger partial charge in [-0.15, -0.1) is 0 Å². The maximum atomic E-state index is 11.2. The van der Waals surface area contributed by atoms with Crippen molar-refractivity contribution in [2.45, 2.75) is 5.03 Å². The van der Waals surface area contributed by atoms with Crippen LogP contribution >= 0.6 is 0 Å². The van der Waals surface area contributed by atoms with Gasteiger partial charge in [0.1, 0.15) is 16.0 Å². The van der Waals surface area contributed by atoms with Gasteiger partial charge in [-0.05, 0) is 26.2 Å². The van der Waals surface area contributed by atoms with E-state index in [4.69, 9.17) is 0 Å². The highest BCUT2D eigenvalue weighted by Gasteiger charge is 2.04. The first-order valence-electron chi connectivity index (χ1n) is 2.94. The fourth-order valence-corrected chi connectivity index (χ4v) is 1.38. The van der Waals surface area contributed by atoms with Crippen LogP contribution in [-0.2, 0) is 11.0 Å². The van der Waals surface area contributed by atoms with Crippen molar-refractivity contribution >= 4 is 11.0 Å². The van der Waals surface area contributed by atoms with Gasteiger partial charge in [0, 0.05) is 6.20 Å². The second kappa shape index (κ2) is 2.98. The Morgan fingerprint density at radius 3 is 2.70 bits per heavy atom. The van der Waals surface area contributed by atoms with Crippen LogP contribution < -0.4 is 0 Å². The lowest BCUT2D eigenvalue weighted by Gasteiger charge is -2.05. The monoisotopic (exact) mass is 158 g/mol. The van der Waals surface area contributed by atoms with Crippen LogP contribution in [0.25, 0.3) is 0 Å². The maximum Gasteiger partial charge on any atom is 0.143 e. The molecule has 0 saturated heterocycles. The first kappa shape index (κ1) is 7.50. The van der Waals surface area contributed by atoms with Gasteiger partial charge >= 0.3 is 0 Å². The molecule has 1 atom stereocenters. The lowest BCUT2D eigenvalue weighted by atomic mass is 10.7. The van der Waals surface area contributed by atoms with Crippen LogP contribution in [0, 0.1) is 0 Å². The number of hydrogen-bond acceptors (Lipinski definition) is 1. The van der Waals surface area contributed by atoms with Crippen molar-refractivity contribution in [3.05, 3.63) is 18.3 Å². The number of rotatable bonds is 2. The topological polar surface area (TPSA) is 36.1 Å². The zero-order valence-electron chi connectivity index (χ0n) is 6.00. The van der Waals surface area contributed by atoms with Crippen molar-refractivity contribution in [2.75, 3.05) is 14.1 Å². The predicted molar refractivity (Wildman–Crippen MR) is 40.9 cm³/mol. The summed E-state index contributed by atoms with van der Waals surface area (Å²) in [5.74, 6) is 0. The standard InChI is InChI=1S/C6H10N2OS/c1-8(2)10(9)6-4-3-5-7-6/h3-5,7H,1-2H3. The Balaban J connectivity index is 2.78. The molecule has 4 heteroatoms. The molecule has 1 rings (SSSR count). The molecule has 0 radical (unpaired) electrons. The van der Waals surface area contributed by atoms with Gasteiger partial charge in [-0.1, -0.05) is 0 Å². The molecular formula is C6H10N2OS. The van der Waals surface area contributed by atoms with E-state index in [-0.39, 0.29) is 0 Å². The van der Waals surface area contributed by atoms with Crippen molar-refractivity contribution in [1.29, 1.82) is 0 Å². The lowest BCUT2D eigenvalue weighted by Crippen LogP contribution is -2.15. The molecule has 0 aliphatic rings. The molecule has 56 valence electrons. The van der Waals surface area contributed by atoms with Crippen LogP contribution in [0.2, 0.25) is 0 Å². The van der Waals surface area contributed by atoms with Gasteiger partial charge in [-0.2, -0.15) is 0 Å². The molecular weight excluding hydrogens is 148 g/mol. The van der Waals surface area contributed by atoms with Gasteiger partial charge < -0.3 is 4.98 Å². The van der Waals surface area contributed by atoms with Crippen molar-refractivity contribution < 1.29 is 4.21 Å². The highest BCUT2D eigenvalue weighted by Crippen LogP contribution is 2.02. The van der Waals surface area contributed by atoms with E-state index in [2.05, 4.69) is 4.98 Å². The number of nitrogens with zero attached hydrogens (tertiary/aromatic N) is 1. The van der Waals surface area contributed by atoms with E-state index in [1.807, 2.05) is 6.07 Å². The van der Waals surface area contributed by atoms with E-state index in [9.17, 15) is 4.21 Å². The van der Waals surface area contributed by atoms with Crippen LogP contribution in [0.1, 0.15) is 0 Å². The van der Waals surface area contributed by atoms with Crippen LogP contribution in [-0.4, -0.2) is 27.6 Å². The minimum absolute atomic E-state index is 0.741. The van der Waals surface area contributed by atoms with Crippen molar-refractivity contribution in [3.63, 3.8) is 0 Å². The largest absolute Gasteiger partial charge is 0.353 e. The van der Waals surface area contributed by atoms with Gasteiger partial charge in [-0.25, -0.2) is 8.51 Å². The van der Waals surface area contributed by atoms with Gasteiger partial charge in [0.2, 0.25) is 0 Å². The quantitative estimate of drug-likeness (QED) is 0.672. The van der Waals surface area contributed by atoms with Gasteiger partial charge in [0.25, 0.3) is 0 Å². The van der Waals surface area contributed by atoms with Crippen molar-refractivity contribution in [1.82, 2.24) is 9.29 Å². The molecule has 0 aliphatic heterocycles. The number of aromatic nitrogens is 1. The summed E-state index contributed by atoms with van der Waals surface area (Å²) in [4.78, 5) is 2.88. The smallest absolute Gasteiger partial charge is 0.143 e. The van der Waals surface area contributed by atoms with E-state index in [0.29, 0.717) is 0 Å². The molecule has 1 unspecified atom stereocenters. The molecule has 0 aromatic carbocycles. The summed E-state index contributed by atoms with van der Waals surface area (Å²) in [6.45, 7) is 0. The highest BCUT2D eigenvalue weighted by molar-refractivity contribution is 7.82. The second-order valence-electron chi connectivity index (χ2n) is 2.10. The SMILES string of the molecule is CN(C)S(=O)c1ccc[nH]1. The first-order valence-corrected chi connectivity index (χ1v) is 4.05. The summed E-state index contributed by atoms with van der Waals surface area (Å²) in [6, 6.07) is 3.63. The molecule has 10 heavy (non-hydrogen) atoms. The Morgan fingerprint density at radius 2 is 2.30 bits per heavy atom. The van der Waals surface area contributed by atoms with E-state index in [1.165, 1.54) is 0 Å². The van der Waals surface area contributed by atoms with Gasteiger partial charge in [-0.3, -0.25) is 0 Å². The summed E-state index contributed by atoms with van der Waals surface area (Å²) >= 11 is 0. The average Bonchev–Trinajstić information content (AvgIpc) is 2.36. The molecule has 0 amide bonds. The minimum Gasteiger partial charge on any atom is -0.353 e. The Hall–Kier alpha value is -0.610. The molecule has 0 fully saturated rings. The normalized spacial score (nSPS) is 13.9. The molecule has 1 aromatic rings. The predicted octanol–water partition coefficient (Wildman–Crippen LogP) is 0.599. The third-order valence-corrected chi connectivity index (χ3v) is 2.38. The molecule has 0 saturated carbocycles. The third-order valence-electron chi connectivity index (χ3n) is 1.09. The molecule has 1 heterocycles. The zero-order valence-corrected chi connectivity index (χ0v) is 6.81.